The van der Waals surface area contributed by atoms with Crippen LogP contribution in [0.5, 0.6) is 0 Å². The van der Waals surface area contributed by atoms with Crippen LogP contribution >= 0.6 is 0 Å². The third kappa shape index (κ3) is 5.39. The number of nitrogens with zero attached hydrogens (tertiary/aromatic N) is 1. The first kappa shape index (κ1) is 16.2. The minimum Gasteiger partial charge on any atom is -0.338 e. The number of rotatable bonds is 8. The van der Waals surface area contributed by atoms with Crippen LogP contribution in [0, 0.1) is 0 Å². The summed E-state index contributed by atoms with van der Waals surface area (Å²) in [5, 5.41) is 0. The lowest BCUT2D eigenvalue weighted by atomic mass is 10.1. The number of amides is 1. The van der Waals surface area contributed by atoms with Gasteiger partial charge in [0.2, 0.25) is 5.91 Å². The molecule has 0 aliphatic carbocycles. The zero-order valence-corrected chi connectivity index (χ0v) is 12.4. The number of hydrogen-bond acceptors (Lipinski definition) is 2. The molecule has 0 aliphatic heterocycles. The van der Waals surface area contributed by atoms with E-state index in [-0.39, 0.29) is 18.1 Å². The van der Waals surface area contributed by atoms with Crippen LogP contribution in [0.1, 0.15) is 44.2 Å². The maximum atomic E-state index is 12.1. The van der Waals surface area contributed by atoms with E-state index in [0.29, 0.717) is 13.1 Å². The Kier molecular flexibility index (Phi) is 6.71. The molecular weight excluding hydrogens is 250 g/mol. The van der Waals surface area contributed by atoms with E-state index < -0.39 is 0 Å². The molecule has 0 saturated heterocycles. The SMILES string of the molecule is C=Cc1ccc(CN(CCCC)C(=O)CC(C)=O)cc1. The molecule has 1 aromatic rings. The third-order valence-electron chi connectivity index (χ3n) is 3.12. The van der Waals surface area contributed by atoms with Crippen LogP contribution in [0.25, 0.3) is 6.08 Å². The van der Waals surface area contributed by atoms with E-state index >= 15 is 0 Å². The Hall–Kier alpha value is -1.90. The molecule has 0 radical (unpaired) electrons. The van der Waals surface area contributed by atoms with Gasteiger partial charge in [-0.25, -0.2) is 0 Å². The molecule has 0 atom stereocenters. The topological polar surface area (TPSA) is 37.4 Å². The molecule has 1 amide bonds. The van der Waals surface area contributed by atoms with Crippen molar-refractivity contribution in [2.24, 2.45) is 0 Å². The Bertz CT molecular complexity index is 462. The number of benzene rings is 1. The van der Waals surface area contributed by atoms with Gasteiger partial charge in [0.15, 0.2) is 0 Å². The Morgan fingerprint density at radius 1 is 1.25 bits per heavy atom. The van der Waals surface area contributed by atoms with Crippen molar-refractivity contribution >= 4 is 17.8 Å². The van der Waals surface area contributed by atoms with Gasteiger partial charge in [-0.15, -0.1) is 0 Å². The second kappa shape index (κ2) is 8.31. The van der Waals surface area contributed by atoms with Crippen molar-refractivity contribution in [3.63, 3.8) is 0 Å². The van der Waals surface area contributed by atoms with Crippen molar-refractivity contribution in [3.05, 3.63) is 42.0 Å². The molecule has 1 aromatic carbocycles. The Morgan fingerprint density at radius 3 is 2.40 bits per heavy atom. The van der Waals surface area contributed by atoms with Crippen LogP contribution in [0.15, 0.2) is 30.8 Å². The fraction of sp³-hybridized carbons (Fsp3) is 0.412. The monoisotopic (exact) mass is 273 g/mol. The van der Waals surface area contributed by atoms with E-state index in [0.717, 1.165) is 24.0 Å². The minimum absolute atomic E-state index is 0.00550. The van der Waals surface area contributed by atoms with Crippen molar-refractivity contribution in [1.29, 1.82) is 0 Å². The van der Waals surface area contributed by atoms with Crippen molar-refractivity contribution in [3.8, 4) is 0 Å². The first-order chi connectivity index (χ1) is 9.56. The van der Waals surface area contributed by atoms with E-state index in [1.165, 1.54) is 6.92 Å². The van der Waals surface area contributed by atoms with Gasteiger partial charge in [0, 0.05) is 13.1 Å². The molecule has 0 saturated carbocycles. The molecule has 0 aliphatic rings. The Labute approximate surface area is 121 Å². The summed E-state index contributed by atoms with van der Waals surface area (Å²) in [4.78, 5) is 25.0. The smallest absolute Gasteiger partial charge is 0.230 e. The van der Waals surface area contributed by atoms with Crippen LogP contribution < -0.4 is 0 Å². The molecule has 0 bridgehead atoms. The van der Waals surface area contributed by atoms with E-state index in [4.69, 9.17) is 0 Å². The van der Waals surface area contributed by atoms with Gasteiger partial charge in [-0.05, 0) is 24.5 Å². The highest BCUT2D eigenvalue weighted by Gasteiger charge is 2.15. The van der Waals surface area contributed by atoms with Gasteiger partial charge >= 0.3 is 0 Å². The molecule has 3 heteroatoms. The van der Waals surface area contributed by atoms with Crippen molar-refractivity contribution in [2.45, 2.75) is 39.7 Å². The highest BCUT2D eigenvalue weighted by molar-refractivity contribution is 5.96. The molecule has 0 spiro atoms. The van der Waals surface area contributed by atoms with Gasteiger partial charge in [-0.3, -0.25) is 9.59 Å². The van der Waals surface area contributed by atoms with Gasteiger partial charge < -0.3 is 4.90 Å². The van der Waals surface area contributed by atoms with Gasteiger partial charge in [0.05, 0.1) is 6.42 Å². The molecule has 0 fully saturated rings. The maximum absolute atomic E-state index is 12.1. The third-order valence-corrected chi connectivity index (χ3v) is 3.12. The summed E-state index contributed by atoms with van der Waals surface area (Å²) < 4.78 is 0. The molecule has 108 valence electrons. The molecule has 20 heavy (non-hydrogen) atoms. The minimum atomic E-state index is -0.0847. The van der Waals surface area contributed by atoms with E-state index in [2.05, 4.69) is 13.5 Å². The van der Waals surface area contributed by atoms with Crippen LogP contribution in [-0.4, -0.2) is 23.1 Å². The second-order valence-electron chi connectivity index (χ2n) is 4.99. The lowest BCUT2D eigenvalue weighted by Gasteiger charge is -2.22. The van der Waals surface area contributed by atoms with E-state index in [9.17, 15) is 9.59 Å². The predicted molar refractivity (Wildman–Crippen MR) is 82.2 cm³/mol. The summed E-state index contributed by atoms with van der Waals surface area (Å²) in [6.45, 7) is 8.52. The summed E-state index contributed by atoms with van der Waals surface area (Å²) in [5.74, 6) is -0.169. The van der Waals surface area contributed by atoms with Crippen LogP contribution in [0.2, 0.25) is 0 Å². The summed E-state index contributed by atoms with van der Waals surface area (Å²) in [5.41, 5.74) is 2.13. The average Bonchev–Trinajstić information content (AvgIpc) is 2.43. The van der Waals surface area contributed by atoms with Crippen molar-refractivity contribution in [1.82, 2.24) is 4.90 Å². The Balaban J connectivity index is 2.73. The lowest BCUT2D eigenvalue weighted by molar-refractivity contribution is -0.135. The van der Waals surface area contributed by atoms with E-state index in [1.807, 2.05) is 24.3 Å². The van der Waals surface area contributed by atoms with Crippen molar-refractivity contribution < 1.29 is 9.59 Å². The van der Waals surface area contributed by atoms with Crippen LogP contribution in [-0.2, 0) is 16.1 Å². The lowest BCUT2D eigenvalue weighted by Crippen LogP contribution is -2.32. The first-order valence-corrected chi connectivity index (χ1v) is 7.05. The van der Waals surface area contributed by atoms with Gasteiger partial charge in [-0.1, -0.05) is 50.3 Å². The molecular formula is C17H23NO2. The second-order valence-corrected chi connectivity index (χ2v) is 4.99. The Morgan fingerprint density at radius 2 is 1.90 bits per heavy atom. The number of ketones is 1. The maximum Gasteiger partial charge on any atom is 0.230 e. The number of carbonyl (C=O) groups excluding carboxylic acids is 2. The zero-order chi connectivity index (χ0) is 15.0. The summed E-state index contributed by atoms with van der Waals surface area (Å²) in [7, 11) is 0. The number of hydrogen-bond donors (Lipinski definition) is 0. The van der Waals surface area contributed by atoms with Gasteiger partial charge in [0.1, 0.15) is 5.78 Å². The number of carbonyl (C=O) groups is 2. The molecule has 0 aromatic heterocycles. The first-order valence-electron chi connectivity index (χ1n) is 7.05. The summed E-state index contributed by atoms with van der Waals surface area (Å²) in [6.07, 6.45) is 3.77. The molecule has 3 nitrogen and oxygen atoms in total. The van der Waals surface area contributed by atoms with Gasteiger partial charge in [0.25, 0.3) is 0 Å². The molecule has 0 unspecified atom stereocenters. The fourth-order valence-electron chi connectivity index (χ4n) is 1.95. The highest BCUT2D eigenvalue weighted by Crippen LogP contribution is 2.10. The highest BCUT2D eigenvalue weighted by atomic mass is 16.2. The fourth-order valence-corrected chi connectivity index (χ4v) is 1.95. The quantitative estimate of drug-likeness (QED) is 0.680. The zero-order valence-electron chi connectivity index (χ0n) is 12.4. The molecule has 1 rings (SSSR count). The molecule has 0 heterocycles. The summed E-state index contributed by atoms with van der Waals surface area (Å²) in [6, 6.07) is 7.96. The van der Waals surface area contributed by atoms with Crippen molar-refractivity contribution in [2.75, 3.05) is 6.54 Å². The predicted octanol–water partition coefficient (Wildman–Crippen LogP) is 3.44. The summed E-state index contributed by atoms with van der Waals surface area (Å²) >= 11 is 0. The largest absolute Gasteiger partial charge is 0.338 e. The average molecular weight is 273 g/mol. The molecule has 0 N–H and O–H groups in total. The number of unbranched alkanes of at least 4 members (excludes halogenated alkanes) is 1. The van der Waals surface area contributed by atoms with Crippen LogP contribution in [0.4, 0.5) is 0 Å². The number of Topliss-reactive ketones (excluding diaryl/α,β-unsaturated/α-hetero) is 1. The van der Waals surface area contributed by atoms with Gasteiger partial charge in [-0.2, -0.15) is 0 Å². The standard InChI is InChI=1S/C17H23NO2/c1-4-6-11-18(17(20)12-14(3)19)13-16-9-7-15(5-2)8-10-16/h5,7-10H,2,4,6,11-13H2,1,3H3. The normalized spacial score (nSPS) is 10.1. The van der Waals surface area contributed by atoms with E-state index in [1.54, 1.807) is 11.0 Å². The van der Waals surface area contributed by atoms with Crippen LogP contribution in [0.3, 0.4) is 0 Å².